The second-order valence-electron chi connectivity index (χ2n) is 13.4. The molecule has 1 rings (SSSR count). The van der Waals surface area contributed by atoms with Crippen molar-refractivity contribution in [3.63, 3.8) is 0 Å². The van der Waals surface area contributed by atoms with E-state index >= 15 is 0 Å². The highest BCUT2D eigenvalue weighted by molar-refractivity contribution is 6.01. The number of hydrogen-bond acceptors (Lipinski definition) is 5. The van der Waals surface area contributed by atoms with Crippen LogP contribution in [0.3, 0.4) is 0 Å². The van der Waals surface area contributed by atoms with E-state index in [1.54, 1.807) is 0 Å². The van der Waals surface area contributed by atoms with E-state index in [1.807, 2.05) is 27.7 Å². The third-order valence-corrected chi connectivity index (χ3v) is 8.89. The third kappa shape index (κ3) is 34.5. The molecule has 6 heteroatoms. The lowest BCUT2D eigenvalue weighted by Gasteiger charge is -2.19. The summed E-state index contributed by atoms with van der Waals surface area (Å²) in [6, 6.07) is 0. The summed E-state index contributed by atoms with van der Waals surface area (Å²) >= 11 is 0. The van der Waals surface area contributed by atoms with Crippen molar-refractivity contribution in [2.45, 2.75) is 227 Å². The molecule has 0 atom stereocenters. The Morgan fingerprint density at radius 3 is 1.21 bits per heavy atom. The predicted molar refractivity (Wildman–Crippen MR) is 223 cm³/mol. The van der Waals surface area contributed by atoms with Gasteiger partial charge in [-0.15, -0.1) is 0 Å². The lowest BCUT2D eigenvalue weighted by molar-refractivity contribution is -0.178. The summed E-state index contributed by atoms with van der Waals surface area (Å²) < 4.78 is 5.63. The fourth-order valence-corrected chi connectivity index (χ4v) is 5.87. The molecule has 1 heterocycles. The Kier molecular flexibility index (Phi) is 42.3. The zero-order valence-corrected chi connectivity index (χ0v) is 35.0. The largest absolute Gasteiger partial charge is 0.534 e. The van der Waals surface area contributed by atoms with Crippen LogP contribution in [0.1, 0.15) is 221 Å². The average molecular weight is 730 g/mol. The Hall–Kier alpha value is -2.63. The Balaban J connectivity index is 0. The molecule has 0 unspecified atom stereocenters. The van der Waals surface area contributed by atoms with Crippen molar-refractivity contribution < 1.29 is 24.0 Å². The SMILES string of the molecule is CC.CC.CCCCC/C=C\C/C=C\CCCCCCCCC(CCCCCCCC/C=C\C/C=C\CCCCC)OC(=O)ON1C(=O)CCC1=O. The van der Waals surface area contributed by atoms with Crippen LogP contribution in [-0.2, 0) is 19.2 Å². The van der Waals surface area contributed by atoms with Gasteiger partial charge >= 0.3 is 6.16 Å². The van der Waals surface area contributed by atoms with E-state index in [0.29, 0.717) is 5.06 Å². The number of carbonyl (C=O) groups is 3. The molecular formula is C46H83NO5. The summed E-state index contributed by atoms with van der Waals surface area (Å²) in [5, 5.41) is 0.570. The molecular weight excluding hydrogens is 647 g/mol. The number of hydroxylamine groups is 2. The first-order chi connectivity index (χ1) is 25.6. The number of amides is 2. The molecule has 0 bridgehead atoms. The van der Waals surface area contributed by atoms with Crippen molar-refractivity contribution in [1.82, 2.24) is 5.06 Å². The van der Waals surface area contributed by atoms with Crippen molar-refractivity contribution in [1.29, 1.82) is 0 Å². The first kappa shape index (κ1) is 51.5. The van der Waals surface area contributed by atoms with Gasteiger partial charge in [-0.05, 0) is 89.9 Å². The van der Waals surface area contributed by atoms with Gasteiger partial charge in [0.05, 0.1) is 0 Å². The number of imide groups is 1. The molecule has 2 amide bonds. The van der Waals surface area contributed by atoms with Crippen LogP contribution in [0.5, 0.6) is 0 Å². The summed E-state index contributed by atoms with van der Waals surface area (Å²) in [7, 11) is 0. The van der Waals surface area contributed by atoms with Crippen LogP contribution in [0.2, 0.25) is 0 Å². The molecule has 52 heavy (non-hydrogen) atoms. The lowest BCUT2D eigenvalue weighted by Crippen LogP contribution is -2.33. The maximum absolute atomic E-state index is 12.4. The normalized spacial score (nSPS) is 13.1. The highest BCUT2D eigenvalue weighted by Gasteiger charge is 2.34. The minimum absolute atomic E-state index is 0.0786. The number of allylic oxidation sites excluding steroid dienone is 8. The molecule has 1 aliphatic heterocycles. The summed E-state index contributed by atoms with van der Waals surface area (Å²) in [4.78, 5) is 41.1. The molecule has 1 aliphatic rings. The maximum atomic E-state index is 12.4. The van der Waals surface area contributed by atoms with E-state index in [4.69, 9.17) is 9.57 Å². The first-order valence-corrected chi connectivity index (χ1v) is 21.9. The number of nitrogens with zero attached hydrogens (tertiary/aromatic N) is 1. The Bertz CT molecular complexity index is 858. The molecule has 0 aromatic rings. The van der Waals surface area contributed by atoms with E-state index < -0.39 is 18.0 Å². The van der Waals surface area contributed by atoms with Crippen LogP contribution >= 0.6 is 0 Å². The summed E-state index contributed by atoms with van der Waals surface area (Å²) in [5.74, 6) is -0.965. The molecule has 1 fully saturated rings. The molecule has 0 spiro atoms. The van der Waals surface area contributed by atoms with E-state index in [9.17, 15) is 14.4 Å². The lowest BCUT2D eigenvalue weighted by atomic mass is 10.0. The maximum Gasteiger partial charge on any atom is 0.534 e. The van der Waals surface area contributed by atoms with Gasteiger partial charge in [-0.2, -0.15) is 0 Å². The predicted octanol–water partition coefficient (Wildman–Crippen LogP) is 15.0. The second-order valence-corrected chi connectivity index (χ2v) is 13.4. The van der Waals surface area contributed by atoms with E-state index in [2.05, 4.69) is 62.5 Å². The Morgan fingerprint density at radius 2 is 0.846 bits per heavy atom. The molecule has 0 aliphatic carbocycles. The standard InChI is InChI=1S/C42H71NO5.2C2H6/c1-3-5-7-9-11-13-15-17-19-21-23-25-27-29-31-33-35-39(47-42(46)48-43-40(44)37-38-41(43)45)36-34-32-30-28-26-24-22-20-18-16-14-12-10-8-6-4-2;2*1-2/h11-14,17-20,39H,3-10,15-16,21-38H2,1-2H3;2*1-2H3/b13-11-,14-12-,19-17-,20-18-;;. The van der Waals surface area contributed by atoms with Crippen LogP contribution in [0.25, 0.3) is 0 Å². The molecule has 0 aromatic heterocycles. The number of hydrogen-bond donors (Lipinski definition) is 0. The van der Waals surface area contributed by atoms with Crippen LogP contribution in [0, 0.1) is 0 Å². The topological polar surface area (TPSA) is 72.9 Å². The van der Waals surface area contributed by atoms with Crippen molar-refractivity contribution in [2.75, 3.05) is 0 Å². The monoisotopic (exact) mass is 730 g/mol. The fourth-order valence-electron chi connectivity index (χ4n) is 5.87. The first-order valence-electron chi connectivity index (χ1n) is 21.9. The van der Waals surface area contributed by atoms with Gasteiger partial charge in [0.25, 0.3) is 11.8 Å². The van der Waals surface area contributed by atoms with Crippen LogP contribution < -0.4 is 0 Å². The molecule has 1 saturated heterocycles. The molecule has 0 N–H and O–H groups in total. The third-order valence-electron chi connectivity index (χ3n) is 8.89. The number of rotatable bonds is 32. The van der Waals surface area contributed by atoms with Gasteiger partial charge in [0.15, 0.2) is 0 Å². The minimum Gasteiger partial charge on any atom is -0.429 e. The quantitative estimate of drug-likeness (QED) is 0.0298. The zero-order valence-electron chi connectivity index (χ0n) is 35.0. The smallest absolute Gasteiger partial charge is 0.429 e. The molecule has 0 aromatic carbocycles. The van der Waals surface area contributed by atoms with Crippen molar-refractivity contribution >= 4 is 18.0 Å². The molecule has 302 valence electrons. The molecule has 6 nitrogen and oxygen atoms in total. The van der Waals surface area contributed by atoms with E-state index in [0.717, 1.165) is 64.2 Å². The highest BCUT2D eigenvalue weighted by Crippen LogP contribution is 2.19. The van der Waals surface area contributed by atoms with E-state index in [-0.39, 0.29) is 18.9 Å². The van der Waals surface area contributed by atoms with Crippen LogP contribution in [0.4, 0.5) is 4.79 Å². The van der Waals surface area contributed by atoms with Gasteiger partial charge < -0.3 is 4.74 Å². The van der Waals surface area contributed by atoms with Gasteiger partial charge in [0, 0.05) is 12.8 Å². The minimum atomic E-state index is -0.941. The van der Waals surface area contributed by atoms with Crippen LogP contribution in [0.15, 0.2) is 48.6 Å². The molecule has 0 saturated carbocycles. The number of ether oxygens (including phenoxy) is 1. The zero-order chi connectivity index (χ0) is 38.8. The van der Waals surface area contributed by atoms with Crippen molar-refractivity contribution in [3.05, 3.63) is 48.6 Å². The van der Waals surface area contributed by atoms with Gasteiger partial charge in [0.2, 0.25) is 0 Å². The number of unbranched alkanes of at least 4 members (excludes halogenated alkanes) is 18. The van der Waals surface area contributed by atoms with Gasteiger partial charge in [-0.25, -0.2) is 4.79 Å². The Morgan fingerprint density at radius 1 is 0.519 bits per heavy atom. The summed E-state index contributed by atoms with van der Waals surface area (Å²) in [6.45, 7) is 12.5. The van der Waals surface area contributed by atoms with E-state index in [1.165, 1.54) is 103 Å². The average Bonchev–Trinajstić information content (AvgIpc) is 3.47. The van der Waals surface area contributed by atoms with Gasteiger partial charge in [-0.1, -0.05) is 172 Å². The van der Waals surface area contributed by atoms with Crippen molar-refractivity contribution in [3.8, 4) is 0 Å². The molecule has 0 radical (unpaired) electrons. The Labute approximate surface area is 322 Å². The fraction of sp³-hybridized carbons (Fsp3) is 0.761. The van der Waals surface area contributed by atoms with Crippen molar-refractivity contribution in [2.24, 2.45) is 0 Å². The summed E-state index contributed by atoms with van der Waals surface area (Å²) in [6.07, 6.45) is 47.5. The van der Waals surface area contributed by atoms with Crippen LogP contribution in [-0.4, -0.2) is 29.1 Å². The second kappa shape index (κ2) is 42.8. The van der Waals surface area contributed by atoms with Gasteiger partial charge in [0.1, 0.15) is 6.10 Å². The summed E-state index contributed by atoms with van der Waals surface area (Å²) in [5.41, 5.74) is 0. The van der Waals surface area contributed by atoms with Gasteiger partial charge in [-0.3, -0.25) is 14.4 Å². The highest BCUT2D eigenvalue weighted by atomic mass is 16.8. The number of carbonyl (C=O) groups excluding carboxylic acids is 3.